The summed E-state index contributed by atoms with van der Waals surface area (Å²) in [5.41, 5.74) is 1.01. The number of aldehydes is 1. The van der Waals surface area contributed by atoms with Crippen LogP contribution in [0.15, 0.2) is 53.4 Å². The Bertz CT molecular complexity index is 1150. The third-order valence-electron chi connectivity index (χ3n) is 7.43. The molecule has 1 aliphatic heterocycles. The van der Waals surface area contributed by atoms with Gasteiger partial charge < -0.3 is 10.1 Å². The zero-order chi connectivity index (χ0) is 27.9. The number of hydrogen-bond acceptors (Lipinski definition) is 5. The Morgan fingerprint density at radius 2 is 1.74 bits per heavy atom. The van der Waals surface area contributed by atoms with Gasteiger partial charge in [-0.05, 0) is 88.3 Å². The standard InChI is InChI=1S/C28H38F3N3O3S/c1-20-7-9-26(10-8-20)38(36,37)33-27(13-16-35)34-14-11-23(12-15-34)19-32-22(3)21(2)17-24-5-4-6-25(18-24)28(29,30)31/h4-10,16,18,21-23,27,32-33H,11-15,17,19H2,1-3H3. The zero-order valence-corrected chi connectivity index (χ0v) is 23.0. The number of hydrogen-bond donors (Lipinski definition) is 2. The van der Waals surface area contributed by atoms with Gasteiger partial charge in [-0.15, -0.1) is 0 Å². The molecule has 1 aliphatic rings. The predicted octanol–water partition coefficient (Wildman–Crippen LogP) is 4.78. The van der Waals surface area contributed by atoms with Crippen molar-refractivity contribution in [1.82, 2.24) is 14.9 Å². The fourth-order valence-electron chi connectivity index (χ4n) is 4.77. The lowest BCUT2D eigenvalue weighted by molar-refractivity contribution is -0.137. The van der Waals surface area contributed by atoms with Crippen LogP contribution in [0.25, 0.3) is 0 Å². The number of carbonyl (C=O) groups excluding carboxylic acids is 1. The number of carbonyl (C=O) groups is 1. The molecule has 1 saturated heterocycles. The van der Waals surface area contributed by atoms with E-state index in [4.69, 9.17) is 0 Å². The van der Waals surface area contributed by atoms with Crippen LogP contribution in [-0.2, 0) is 27.4 Å². The Hall–Kier alpha value is -2.27. The third-order valence-corrected chi connectivity index (χ3v) is 8.90. The number of benzene rings is 2. The molecule has 2 aromatic rings. The fraction of sp³-hybridized carbons (Fsp3) is 0.536. The van der Waals surface area contributed by atoms with Crippen molar-refractivity contribution in [1.29, 1.82) is 0 Å². The molecule has 0 aliphatic carbocycles. The van der Waals surface area contributed by atoms with E-state index in [1.165, 1.54) is 12.1 Å². The molecule has 210 valence electrons. The highest BCUT2D eigenvalue weighted by Crippen LogP contribution is 2.30. The molecule has 3 unspecified atom stereocenters. The second-order valence-electron chi connectivity index (χ2n) is 10.4. The second-order valence-corrected chi connectivity index (χ2v) is 12.1. The first kappa shape index (κ1) is 30.3. The maximum atomic E-state index is 13.0. The number of alkyl halides is 3. The van der Waals surface area contributed by atoms with Crippen molar-refractivity contribution in [2.75, 3.05) is 19.6 Å². The van der Waals surface area contributed by atoms with Crippen LogP contribution in [0.3, 0.4) is 0 Å². The van der Waals surface area contributed by atoms with E-state index in [0.717, 1.165) is 37.3 Å². The summed E-state index contributed by atoms with van der Waals surface area (Å²) in [7, 11) is -3.75. The van der Waals surface area contributed by atoms with Crippen LogP contribution >= 0.6 is 0 Å². The highest BCUT2D eigenvalue weighted by atomic mass is 32.2. The van der Waals surface area contributed by atoms with Crippen LogP contribution in [0.4, 0.5) is 13.2 Å². The third kappa shape index (κ3) is 8.62. The number of nitrogens with zero attached hydrogens (tertiary/aromatic N) is 1. The minimum Gasteiger partial charge on any atom is -0.314 e. The summed E-state index contributed by atoms with van der Waals surface area (Å²) in [6.45, 7) is 8.06. The molecule has 1 fully saturated rings. The summed E-state index contributed by atoms with van der Waals surface area (Å²) >= 11 is 0. The largest absolute Gasteiger partial charge is 0.416 e. The van der Waals surface area contributed by atoms with Crippen molar-refractivity contribution < 1.29 is 26.4 Å². The molecule has 3 atom stereocenters. The van der Waals surface area contributed by atoms with Gasteiger partial charge in [-0.25, -0.2) is 8.42 Å². The minimum atomic E-state index is -4.34. The Morgan fingerprint density at radius 3 is 2.34 bits per heavy atom. The normalized spacial score (nSPS) is 18.2. The van der Waals surface area contributed by atoms with E-state index in [0.29, 0.717) is 31.0 Å². The van der Waals surface area contributed by atoms with Crippen LogP contribution in [0.5, 0.6) is 0 Å². The molecule has 10 heteroatoms. The van der Waals surface area contributed by atoms with E-state index in [-0.39, 0.29) is 23.3 Å². The van der Waals surface area contributed by atoms with Gasteiger partial charge in [-0.2, -0.15) is 17.9 Å². The van der Waals surface area contributed by atoms with Crippen LogP contribution in [0.1, 0.15) is 49.8 Å². The molecule has 0 saturated carbocycles. The quantitative estimate of drug-likeness (QED) is 0.370. The first-order valence-electron chi connectivity index (χ1n) is 13.0. The smallest absolute Gasteiger partial charge is 0.314 e. The lowest BCUT2D eigenvalue weighted by Gasteiger charge is -2.37. The summed E-state index contributed by atoms with van der Waals surface area (Å²) in [4.78, 5) is 13.5. The molecular formula is C28H38F3N3O3S. The Labute approximate surface area is 224 Å². The summed E-state index contributed by atoms with van der Waals surface area (Å²) in [5, 5.41) is 3.54. The number of halogens is 3. The molecule has 0 amide bonds. The molecule has 0 radical (unpaired) electrons. The number of piperidine rings is 1. The van der Waals surface area contributed by atoms with Gasteiger partial charge in [-0.1, -0.05) is 42.8 Å². The van der Waals surface area contributed by atoms with Gasteiger partial charge in [0.1, 0.15) is 6.29 Å². The molecule has 0 spiro atoms. The SMILES string of the molecule is Cc1ccc(S(=O)(=O)NC(CC=O)N2CCC(CNC(C)C(C)Cc3cccc(C(F)(F)F)c3)CC2)cc1. The maximum absolute atomic E-state index is 13.0. The van der Waals surface area contributed by atoms with Gasteiger partial charge >= 0.3 is 6.18 Å². The number of nitrogens with one attached hydrogen (secondary N) is 2. The molecule has 0 aromatic heterocycles. The summed E-state index contributed by atoms with van der Waals surface area (Å²) in [6.07, 6.45) is -1.89. The van der Waals surface area contributed by atoms with Crippen molar-refractivity contribution in [3.8, 4) is 0 Å². The van der Waals surface area contributed by atoms with E-state index in [1.807, 2.05) is 25.7 Å². The van der Waals surface area contributed by atoms with Crippen LogP contribution < -0.4 is 10.0 Å². The Kier molecular flexibility index (Phi) is 10.5. The molecule has 0 bridgehead atoms. The summed E-state index contributed by atoms with van der Waals surface area (Å²) in [5.74, 6) is 0.534. The average molecular weight is 554 g/mol. The molecule has 38 heavy (non-hydrogen) atoms. The van der Waals surface area contributed by atoms with Gasteiger partial charge in [0.2, 0.25) is 10.0 Å². The highest BCUT2D eigenvalue weighted by molar-refractivity contribution is 7.89. The first-order chi connectivity index (χ1) is 17.9. The van der Waals surface area contributed by atoms with Gasteiger partial charge in [-0.3, -0.25) is 4.90 Å². The van der Waals surface area contributed by atoms with E-state index >= 15 is 0 Å². The minimum absolute atomic E-state index is 0.0676. The van der Waals surface area contributed by atoms with E-state index in [9.17, 15) is 26.4 Å². The van der Waals surface area contributed by atoms with Crippen LogP contribution in [0.2, 0.25) is 0 Å². The summed E-state index contributed by atoms with van der Waals surface area (Å²) in [6, 6.07) is 12.2. The zero-order valence-electron chi connectivity index (χ0n) is 22.2. The van der Waals surface area contributed by atoms with Crippen LogP contribution in [0, 0.1) is 18.8 Å². The van der Waals surface area contributed by atoms with Crippen molar-refractivity contribution in [2.45, 2.75) is 69.7 Å². The van der Waals surface area contributed by atoms with Gasteiger partial charge in [0.25, 0.3) is 0 Å². The average Bonchev–Trinajstić information content (AvgIpc) is 2.87. The van der Waals surface area contributed by atoms with Crippen molar-refractivity contribution in [2.24, 2.45) is 11.8 Å². The monoisotopic (exact) mass is 553 g/mol. The number of sulfonamides is 1. The Morgan fingerprint density at radius 1 is 1.08 bits per heavy atom. The van der Waals surface area contributed by atoms with Gasteiger partial charge in [0.15, 0.2) is 0 Å². The van der Waals surface area contributed by atoms with Crippen molar-refractivity contribution in [3.63, 3.8) is 0 Å². The van der Waals surface area contributed by atoms with Crippen LogP contribution in [-0.4, -0.2) is 51.4 Å². The van der Waals surface area contributed by atoms with Gasteiger partial charge in [0, 0.05) is 12.5 Å². The molecule has 2 N–H and O–H groups in total. The number of likely N-dealkylation sites (tertiary alicyclic amines) is 1. The fourth-order valence-corrected chi connectivity index (χ4v) is 6.01. The second kappa shape index (κ2) is 13.2. The molecule has 2 aromatic carbocycles. The van der Waals surface area contributed by atoms with E-state index in [1.54, 1.807) is 30.3 Å². The molecule has 6 nitrogen and oxygen atoms in total. The highest BCUT2D eigenvalue weighted by Gasteiger charge is 2.31. The molecule has 3 rings (SSSR count). The van der Waals surface area contributed by atoms with Crippen molar-refractivity contribution in [3.05, 3.63) is 65.2 Å². The van der Waals surface area contributed by atoms with Crippen molar-refractivity contribution >= 4 is 16.3 Å². The van der Waals surface area contributed by atoms with E-state index in [2.05, 4.69) is 10.0 Å². The lowest BCUT2D eigenvalue weighted by Crippen LogP contribution is -2.52. The summed E-state index contributed by atoms with van der Waals surface area (Å²) < 4.78 is 67.5. The maximum Gasteiger partial charge on any atom is 0.416 e. The van der Waals surface area contributed by atoms with Gasteiger partial charge in [0.05, 0.1) is 16.6 Å². The van der Waals surface area contributed by atoms with E-state index < -0.39 is 27.9 Å². The molecular weight excluding hydrogens is 515 g/mol. The molecule has 1 heterocycles. The number of aryl methyl sites for hydroxylation is 1. The number of rotatable bonds is 12. The first-order valence-corrected chi connectivity index (χ1v) is 14.5. The predicted molar refractivity (Wildman–Crippen MR) is 142 cm³/mol. The lowest BCUT2D eigenvalue weighted by atomic mass is 9.92. The Balaban J connectivity index is 1.48. The topological polar surface area (TPSA) is 78.5 Å².